The zero-order chi connectivity index (χ0) is 19.4. The number of benzene rings is 1. The van der Waals surface area contributed by atoms with Crippen molar-refractivity contribution in [3.63, 3.8) is 0 Å². The maximum absolute atomic E-state index is 13.3. The number of hydrogen-bond acceptors (Lipinski definition) is 4. The smallest absolute Gasteiger partial charge is 0.317 e. The zero-order valence-corrected chi connectivity index (χ0v) is 17.0. The van der Waals surface area contributed by atoms with E-state index in [4.69, 9.17) is 5.11 Å². The number of nitrogens with one attached hydrogen (secondary N) is 1. The first-order valence-electron chi connectivity index (χ1n) is 9.73. The van der Waals surface area contributed by atoms with Gasteiger partial charge < -0.3 is 10.4 Å². The van der Waals surface area contributed by atoms with Gasteiger partial charge in [-0.3, -0.25) is 19.4 Å². The zero-order valence-electron chi connectivity index (χ0n) is 16.1. The number of halogens is 2. The van der Waals surface area contributed by atoms with Crippen LogP contribution < -0.4 is 5.32 Å². The molecule has 1 saturated carbocycles. The molecule has 1 aromatic rings. The van der Waals surface area contributed by atoms with Gasteiger partial charge in [0.1, 0.15) is 11.9 Å². The number of carbonyl (C=O) groups is 2. The summed E-state index contributed by atoms with van der Waals surface area (Å²) in [6, 6.07) is 6.20. The van der Waals surface area contributed by atoms with Gasteiger partial charge in [-0.25, -0.2) is 4.39 Å². The molecule has 0 bridgehead atoms. The second-order valence-electron chi connectivity index (χ2n) is 7.46. The molecule has 1 aliphatic carbocycles. The van der Waals surface area contributed by atoms with Crippen LogP contribution >= 0.6 is 12.4 Å². The topological polar surface area (TPSA) is 72.9 Å². The van der Waals surface area contributed by atoms with E-state index >= 15 is 0 Å². The van der Waals surface area contributed by atoms with Crippen LogP contribution in [0.3, 0.4) is 0 Å². The first kappa shape index (κ1) is 22.6. The van der Waals surface area contributed by atoms with Gasteiger partial charge in [-0.2, -0.15) is 0 Å². The fraction of sp³-hybridized carbons (Fsp3) is 0.600. The maximum atomic E-state index is 13.3. The minimum atomic E-state index is -0.813. The van der Waals surface area contributed by atoms with Crippen LogP contribution in [0.4, 0.5) is 4.39 Å². The number of likely N-dealkylation sites (tertiary alicyclic amines) is 1. The summed E-state index contributed by atoms with van der Waals surface area (Å²) in [4.78, 5) is 28.0. The van der Waals surface area contributed by atoms with Crippen LogP contribution in [-0.4, -0.2) is 65.0 Å². The summed E-state index contributed by atoms with van der Waals surface area (Å²) in [5.41, 5.74) is 0.797. The summed E-state index contributed by atoms with van der Waals surface area (Å²) < 4.78 is 13.3. The van der Waals surface area contributed by atoms with Crippen molar-refractivity contribution in [3.8, 4) is 0 Å². The van der Waals surface area contributed by atoms with E-state index in [1.807, 2.05) is 11.8 Å². The number of aliphatic carboxylic acids is 1. The van der Waals surface area contributed by atoms with E-state index in [2.05, 4.69) is 10.2 Å². The standard InChI is InChI=1S/C20H28FN3O3.ClH/c1-2-23(13-18(25)26)17-9-11-24(12-10-17)19(20(27)22-16-7-8-16)14-3-5-15(21)6-4-14;/h3-6,16-17,19H,2,7-13H2,1H3,(H,22,27)(H,25,26);1H. The van der Waals surface area contributed by atoms with Crippen LogP contribution in [0.15, 0.2) is 24.3 Å². The molecule has 8 heteroatoms. The lowest BCUT2D eigenvalue weighted by atomic mass is 9.97. The van der Waals surface area contributed by atoms with Gasteiger partial charge in [-0.1, -0.05) is 19.1 Å². The Bertz CT molecular complexity index is 661. The second-order valence-corrected chi connectivity index (χ2v) is 7.46. The van der Waals surface area contributed by atoms with E-state index in [0.717, 1.165) is 31.2 Å². The lowest BCUT2D eigenvalue weighted by Gasteiger charge is -2.40. The third-order valence-electron chi connectivity index (χ3n) is 5.48. The molecule has 1 aliphatic heterocycles. The van der Waals surface area contributed by atoms with Crippen LogP contribution in [0.25, 0.3) is 0 Å². The second kappa shape index (κ2) is 10.2. The fourth-order valence-electron chi connectivity index (χ4n) is 3.86. The lowest BCUT2D eigenvalue weighted by Crippen LogP contribution is -2.50. The highest BCUT2D eigenvalue weighted by Crippen LogP contribution is 2.28. The summed E-state index contributed by atoms with van der Waals surface area (Å²) in [7, 11) is 0. The molecular weight excluding hydrogens is 385 g/mol. The predicted octanol–water partition coefficient (Wildman–Crippen LogP) is 2.44. The molecule has 1 aromatic carbocycles. The van der Waals surface area contributed by atoms with Crippen molar-refractivity contribution in [2.24, 2.45) is 0 Å². The van der Waals surface area contributed by atoms with Crippen molar-refractivity contribution in [2.45, 2.75) is 50.7 Å². The van der Waals surface area contributed by atoms with Gasteiger partial charge in [-0.15, -0.1) is 12.4 Å². The maximum Gasteiger partial charge on any atom is 0.317 e. The quantitative estimate of drug-likeness (QED) is 0.684. The first-order chi connectivity index (χ1) is 13.0. The predicted molar refractivity (Wildman–Crippen MR) is 107 cm³/mol. The lowest BCUT2D eigenvalue weighted by molar-refractivity contribution is -0.139. The number of nitrogens with zero attached hydrogens (tertiary/aromatic N) is 2. The molecule has 3 rings (SSSR count). The van der Waals surface area contributed by atoms with Gasteiger partial charge in [0.15, 0.2) is 0 Å². The van der Waals surface area contributed by atoms with Crippen molar-refractivity contribution in [1.82, 2.24) is 15.1 Å². The number of carboxylic acids is 1. The van der Waals surface area contributed by atoms with E-state index in [1.54, 1.807) is 12.1 Å². The van der Waals surface area contributed by atoms with Gasteiger partial charge in [0.25, 0.3) is 0 Å². The van der Waals surface area contributed by atoms with Crippen molar-refractivity contribution >= 4 is 24.3 Å². The van der Waals surface area contributed by atoms with Gasteiger partial charge in [0, 0.05) is 25.2 Å². The summed E-state index contributed by atoms with van der Waals surface area (Å²) in [6.45, 7) is 4.13. The average molecular weight is 414 g/mol. The first-order valence-corrected chi connectivity index (χ1v) is 9.73. The van der Waals surface area contributed by atoms with E-state index < -0.39 is 12.0 Å². The largest absolute Gasteiger partial charge is 0.480 e. The molecule has 156 valence electrons. The highest BCUT2D eigenvalue weighted by Gasteiger charge is 2.35. The third kappa shape index (κ3) is 5.90. The third-order valence-corrected chi connectivity index (χ3v) is 5.48. The Morgan fingerprint density at radius 2 is 1.82 bits per heavy atom. The number of rotatable bonds is 8. The highest BCUT2D eigenvalue weighted by molar-refractivity contribution is 5.85. The molecule has 1 heterocycles. The molecule has 1 amide bonds. The van der Waals surface area contributed by atoms with Gasteiger partial charge in [0.2, 0.25) is 5.91 Å². The molecule has 0 spiro atoms. The number of hydrogen-bond donors (Lipinski definition) is 2. The van der Waals surface area contributed by atoms with Crippen LogP contribution in [0.2, 0.25) is 0 Å². The summed E-state index contributed by atoms with van der Waals surface area (Å²) >= 11 is 0. The number of amides is 1. The Morgan fingerprint density at radius 1 is 1.21 bits per heavy atom. The van der Waals surface area contributed by atoms with Crippen molar-refractivity contribution in [3.05, 3.63) is 35.6 Å². The van der Waals surface area contributed by atoms with Crippen molar-refractivity contribution in [1.29, 1.82) is 0 Å². The van der Waals surface area contributed by atoms with Gasteiger partial charge in [-0.05, 0) is 49.9 Å². The average Bonchev–Trinajstić information content (AvgIpc) is 3.46. The fourth-order valence-corrected chi connectivity index (χ4v) is 3.86. The summed E-state index contributed by atoms with van der Waals surface area (Å²) in [5.74, 6) is -1.15. The Kier molecular flexibility index (Phi) is 8.22. The molecule has 1 unspecified atom stereocenters. The van der Waals surface area contributed by atoms with Gasteiger partial charge in [0.05, 0.1) is 6.54 Å². The number of carbonyl (C=O) groups excluding carboxylic acids is 1. The van der Waals surface area contributed by atoms with Crippen molar-refractivity contribution in [2.75, 3.05) is 26.2 Å². The number of carboxylic acid groups (broad SMARTS) is 1. The summed E-state index contributed by atoms with van der Waals surface area (Å²) in [5, 5.41) is 12.2. The summed E-state index contributed by atoms with van der Waals surface area (Å²) in [6.07, 6.45) is 3.67. The van der Waals surface area contributed by atoms with Crippen LogP contribution in [0, 0.1) is 5.82 Å². The van der Waals surface area contributed by atoms with E-state index in [1.165, 1.54) is 12.1 Å². The number of piperidine rings is 1. The van der Waals surface area contributed by atoms with Crippen LogP contribution in [0.5, 0.6) is 0 Å². The Labute approximate surface area is 171 Å². The van der Waals surface area contributed by atoms with Gasteiger partial charge >= 0.3 is 5.97 Å². The Morgan fingerprint density at radius 3 is 2.32 bits per heavy atom. The Balaban J connectivity index is 0.00000280. The highest BCUT2D eigenvalue weighted by atomic mass is 35.5. The Hall–Kier alpha value is -1.70. The van der Waals surface area contributed by atoms with Crippen LogP contribution in [-0.2, 0) is 9.59 Å². The number of likely N-dealkylation sites (N-methyl/N-ethyl adjacent to an activating group) is 1. The molecule has 0 aromatic heterocycles. The molecule has 6 nitrogen and oxygen atoms in total. The molecule has 0 radical (unpaired) electrons. The van der Waals surface area contributed by atoms with E-state index in [9.17, 15) is 14.0 Å². The normalized spacial score (nSPS) is 19.1. The minimum absolute atomic E-state index is 0. The van der Waals surface area contributed by atoms with E-state index in [0.29, 0.717) is 19.6 Å². The minimum Gasteiger partial charge on any atom is -0.480 e. The molecule has 1 saturated heterocycles. The molecule has 2 aliphatic rings. The molecule has 1 atom stereocenters. The molecular formula is C20H29ClFN3O3. The SMILES string of the molecule is CCN(CC(=O)O)C1CCN(C(C(=O)NC2CC2)c2ccc(F)cc2)CC1.Cl. The molecule has 28 heavy (non-hydrogen) atoms. The van der Waals surface area contributed by atoms with Crippen LogP contribution in [0.1, 0.15) is 44.2 Å². The monoisotopic (exact) mass is 413 g/mol. The van der Waals surface area contributed by atoms with E-state index in [-0.39, 0.29) is 42.8 Å². The molecule has 2 fully saturated rings. The van der Waals surface area contributed by atoms with Crippen molar-refractivity contribution < 1.29 is 19.1 Å². The molecule has 2 N–H and O–H groups in total.